The van der Waals surface area contributed by atoms with Crippen LogP contribution in [0.25, 0.3) is 11.5 Å². The van der Waals surface area contributed by atoms with Crippen LogP contribution in [0.3, 0.4) is 0 Å². The van der Waals surface area contributed by atoms with Crippen molar-refractivity contribution in [3.8, 4) is 17.3 Å². The van der Waals surface area contributed by atoms with Crippen LogP contribution >= 0.6 is 0 Å². The third kappa shape index (κ3) is 20.3. The lowest BCUT2D eigenvalue weighted by Crippen LogP contribution is -2.62. The highest BCUT2D eigenvalue weighted by molar-refractivity contribution is 5.96. The lowest BCUT2D eigenvalue weighted by atomic mass is 9.83. The number of benzene rings is 4. The fourth-order valence-electron chi connectivity index (χ4n) is 10.8. The molecule has 5 atom stereocenters. The van der Waals surface area contributed by atoms with Crippen LogP contribution in [-0.2, 0) is 72.4 Å². The second-order valence-electron chi connectivity index (χ2n) is 25.1. The Labute approximate surface area is 542 Å². The Morgan fingerprint density at radius 2 is 1.53 bits per heavy atom. The molecule has 4 aromatic carbocycles. The predicted molar refractivity (Wildman–Crippen MR) is 343 cm³/mol. The van der Waals surface area contributed by atoms with Crippen LogP contribution < -0.4 is 31.3 Å². The van der Waals surface area contributed by atoms with E-state index < -0.39 is 70.8 Å². The first-order valence-electron chi connectivity index (χ1n) is 31.6. The van der Waals surface area contributed by atoms with Gasteiger partial charge in [-0.3, -0.25) is 29.4 Å². The molecule has 0 radical (unpaired) electrons. The smallest absolute Gasteiger partial charge is 0.410 e. The maximum absolute atomic E-state index is 15.0. The van der Waals surface area contributed by atoms with Gasteiger partial charge < -0.3 is 59.5 Å². The van der Waals surface area contributed by atoms with Crippen molar-refractivity contribution in [3.05, 3.63) is 154 Å². The third-order valence-electron chi connectivity index (χ3n) is 16.0. The number of hydrogen-bond donors (Lipinski definition) is 6. The summed E-state index contributed by atoms with van der Waals surface area (Å²) in [7, 11) is 1.47. The number of ether oxygens (including phenoxy) is 5. The van der Waals surface area contributed by atoms with Gasteiger partial charge in [0.2, 0.25) is 17.7 Å². The zero-order chi connectivity index (χ0) is 66.7. The largest absolute Gasteiger partial charge is 0.491 e. The molecule has 6 aromatic rings. The van der Waals surface area contributed by atoms with E-state index in [2.05, 4.69) is 52.8 Å². The molecule has 2 aromatic heterocycles. The molecule has 93 heavy (non-hydrogen) atoms. The van der Waals surface area contributed by atoms with Crippen LogP contribution in [0.4, 0.5) is 19.3 Å². The van der Waals surface area contributed by atoms with Gasteiger partial charge in [0.1, 0.15) is 66.0 Å². The van der Waals surface area contributed by atoms with E-state index in [1.54, 1.807) is 69.1 Å². The number of halogens is 2. The van der Waals surface area contributed by atoms with Crippen LogP contribution in [0.15, 0.2) is 104 Å². The molecular weight excluding hydrogens is 1200 g/mol. The summed E-state index contributed by atoms with van der Waals surface area (Å²) in [5.41, 5.74) is 3.63. The monoisotopic (exact) mass is 1290 g/mol. The van der Waals surface area contributed by atoms with Crippen LogP contribution in [0.5, 0.6) is 5.75 Å². The fourth-order valence-corrected chi connectivity index (χ4v) is 10.8. The summed E-state index contributed by atoms with van der Waals surface area (Å²) < 4.78 is 59.1. The van der Waals surface area contributed by atoms with Gasteiger partial charge in [0.25, 0.3) is 5.91 Å². The Morgan fingerprint density at radius 3 is 2.25 bits per heavy atom. The van der Waals surface area contributed by atoms with Gasteiger partial charge in [-0.2, -0.15) is 0 Å². The van der Waals surface area contributed by atoms with Gasteiger partial charge in [0.15, 0.2) is 11.6 Å². The summed E-state index contributed by atoms with van der Waals surface area (Å²) in [6.07, 6.45) is 5.33. The van der Waals surface area contributed by atoms with Crippen molar-refractivity contribution < 1.29 is 61.5 Å². The standard InChI is InChI=1S/C68H88F2N12O11/c1-44(80(8)66(88)93-68(5,6)7)62(84)77-60(67(2,3)4)65(87)82-42-48-38-50(24-23-46(48)39-57(82)64(86)76-55-22-12-16-45-15-9-10-19-51(45)55)92-36-35-91-34-33-90-32-31-89-30-26-59(83)72-27-14-29-81-58(78-79-61(81)56-25-28-71-43-75-56)41-73-49-18-11-17-47(37-49)63(85)74-40-52-53(69)20-13-21-54(52)70/h9-11,13,15,17-21,23-25,28,37-38,43-44,55,57,59-60,72-73,83H,12,14,16,22,26-27,29-36,39-42H2,1-8H3,(H,74,85)(H,76,86)(H,77,84)/t44-,55+,57?,59?,60+/m0/s1. The average molecular weight is 1290 g/mol. The molecule has 23 nitrogen and oxygen atoms in total. The summed E-state index contributed by atoms with van der Waals surface area (Å²) in [6, 6.07) is 22.6. The molecule has 25 heteroatoms. The molecule has 8 rings (SSSR count). The molecule has 2 unspecified atom stereocenters. The van der Waals surface area contributed by atoms with Crippen molar-refractivity contribution in [2.75, 3.05) is 65.2 Å². The van der Waals surface area contributed by atoms with Gasteiger partial charge in [0, 0.05) is 62.5 Å². The van der Waals surface area contributed by atoms with Gasteiger partial charge in [-0.05, 0) is 136 Å². The second-order valence-corrected chi connectivity index (χ2v) is 25.1. The summed E-state index contributed by atoms with van der Waals surface area (Å²) in [5.74, 6) is -1.55. The Balaban J connectivity index is 0.743. The van der Waals surface area contributed by atoms with Crippen molar-refractivity contribution in [1.82, 2.24) is 55.8 Å². The van der Waals surface area contributed by atoms with Crippen LogP contribution in [-0.4, -0.2) is 159 Å². The zero-order valence-corrected chi connectivity index (χ0v) is 54.3. The minimum Gasteiger partial charge on any atom is -0.491 e. The number of aromatic nitrogens is 5. The lowest BCUT2D eigenvalue weighted by Gasteiger charge is -2.42. The number of carbonyl (C=O) groups is 5. The molecule has 3 heterocycles. The van der Waals surface area contributed by atoms with Gasteiger partial charge in [-0.15, -0.1) is 10.2 Å². The number of fused-ring (bicyclic) bond motifs is 2. The molecule has 500 valence electrons. The Morgan fingerprint density at radius 1 is 0.806 bits per heavy atom. The van der Waals surface area contributed by atoms with Gasteiger partial charge in [0.05, 0.1) is 52.2 Å². The van der Waals surface area contributed by atoms with E-state index in [1.807, 2.05) is 61.7 Å². The third-order valence-corrected chi connectivity index (χ3v) is 16.0. The Bertz CT molecular complexity index is 3450. The van der Waals surface area contributed by atoms with Crippen molar-refractivity contribution in [1.29, 1.82) is 0 Å². The number of hydrogen-bond acceptors (Lipinski definition) is 17. The molecule has 1 aliphatic heterocycles. The summed E-state index contributed by atoms with van der Waals surface area (Å²) >= 11 is 0. The molecule has 0 fully saturated rings. The molecule has 1 aliphatic carbocycles. The number of rotatable bonds is 31. The Kier molecular flexibility index (Phi) is 25.3. The number of aliphatic hydroxyl groups excluding tert-OH is 1. The molecule has 0 spiro atoms. The quantitative estimate of drug-likeness (QED) is 0.0180. The number of likely N-dealkylation sites (N-methyl/N-ethyl adjacent to an activating group) is 1. The number of carbonyl (C=O) groups excluding carboxylic acids is 5. The molecule has 5 amide bonds. The van der Waals surface area contributed by atoms with E-state index in [0.717, 1.165) is 48.1 Å². The first kappa shape index (κ1) is 70.4. The highest BCUT2D eigenvalue weighted by Crippen LogP contribution is 2.34. The highest BCUT2D eigenvalue weighted by Gasteiger charge is 2.44. The van der Waals surface area contributed by atoms with Crippen molar-refractivity contribution in [2.24, 2.45) is 5.41 Å². The summed E-state index contributed by atoms with van der Waals surface area (Å²) in [5, 5.41) is 34.7. The predicted octanol–water partition coefficient (Wildman–Crippen LogP) is 7.61. The van der Waals surface area contributed by atoms with E-state index in [4.69, 9.17) is 23.7 Å². The van der Waals surface area contributed by atoms with Gasteiger partial charge in [-0.25, -0.2) is 23.5 Å². The molecule has 0 saturated carbocycles. The first-order valence-corrected chi connectivity index (χ1v) is 31.6. The first-order chi connectivity index (χ1) is 44.5. The minimum absolute atomic E-state index is 0.0816. The molecular formula is C68H88F2N12O11. The molecule has 6 N–H and O–H groups in total. The molecule has 0 bridgehead atoms. The van der Waals surface area contributed by atoms with E-state index in [9.17, 15) is 33.1 Å². The number of aliphatic hydroxyl groups is 1. The van der Waals surface area contributed by atoms with E-state index in [1.165, 1.54) is 29.9 Å². The summed E-state index contributed by atoms with van der Waals surface area (Å²) in [4.78, 5) is 80.5. The zero-order valence-electron chi connectivity index (χ0n) is 54.3. The highest BCUT2D eigenvalue weighted by atomic mass is 19.1. The second kappa shape index (κ2) is 33.4. The lowest BCUT2D eigenvalue weighted by molar-refractivity contribution is -0.147. The van der Waals surface area contributed by atoms with Gasteiger partial charge >= 0.3 is 6.09 Å². The van der Waals surface area contributed by atoms with Crippen LogP contribution in [0, 0.1) is 17.0 Å². The van der Waals surface area contributed by atoms with Crippen molar-refractivity contribution in [3.63, 3.8) is 0 Å². The van der Waals surface area contributed by atoms with E-state index in [0.29, 0.717) is 93.3 Å². The number of anilines is 1. The summed E-state index contributed by atoms with van der Waals surface area (Å²) in [6.45, 7) is 15.4. The minimum atomic E-state index is -1.07. The molecule has 2 aliphatic rings. The number of nitrogens with one attached hydrogen (secondary N) is 5. The maximum atomic E-state index is 15.0. The number of nitrogens with zero attached hydrogens (tertiary/aromatic N) is 7. The maximum Gasteiger partial charge on any atom is 0.410 e. The SMILES string of the molecule is C[C@@H](C(=O)N[C@H](C(=O)N1Cc2cc(OCCOCCOCCOCCC(O)NCCCn3c(CNc4cccc(C(=O)NCc5c(F)cccc5F)c4)nnc3-c3ccncn3)ccc2CC1C(=O)N[C@@H]1CCCc2ccccc21)C(C)(C)C)N(C)C(=O)OC(C)(C)C. The fraction of sp³-hybridized carbons (Fsp3) is 0.485. The van der Waals surface area contributed by atoms with E-state index in [-0.39, 0.29) is 56.8 Å². The van der Waals surface area contributed by atoms with Crippen molar-refractivity contribution >= 4 is 35.4 Å². The Hall–Kier alpha value is -8.49. The molecule has 0 saturated heterocycles. The van der Waals surface area contributed by atoms with Gasteiger partial charge in [-0.1, -0.05) is 63.2 Å². The number of amides is 5. The normalized spacial score (nSPS) is 15.6. The average Bonchev–Trinajstić information content (AvgIpc) is 1.31. The van der Waals surface area contributed by atoms with Crippen LogP contribution in [0.2, 0.25) is 0 Å². The topological polar surface area (TPSA) is 275 Å². The number of aryl methyl sites for hydroxylation is 1. The van der Waals surface area contributed by atoms with E-state index >= 15 is 4.79 Å². The van der Waals surface area contributed by atoms with Crippen molar-refractivity contribution in [2.45, 2.75) is 149 Å². The van der Waals surface area contributed by atoms with Crippen LogP contribution in [0.1, 0.15) is 124 Å².